The Balaban J connectivity index is 1.64. The molecule has 0 unspecified atom stereocenters. The molecule has 2 aromatic heterocycles. The fourth-order valence-corrected chi connectivity index (χ4v) is 1.79. The summed E-state index contributed by atoms with van der Waals surface area (Å²) in [6, 6.07) is 5.23. The molecule has 116 valence electrons. The van der Waals surface area contributed by atoms with E-state index in [0.29, 0.717) is 11.3 Å². The molecule has 0 radical (unpaired) electrons. The maximum Gasteiger partial charge on any atom is 0.267 e. The van der Waals surface area contributed by atoms with Crippen molar-refractivity contribution in [1.29, 1.82) is 0 Å². The fraction of sp³-hybridized carbons (Fsp3) is 0.133. The van der Waals surface area contributed by atoms with Crippen LogP contribution in [0.25, 0.3) is 11.6 Å². The molecule has 2 heterocycles. The third-order valence-electron chi connectivity index (χ3n) is 2.97. The van der Waals surface area contributed by atoms with E-state index in [1.165, 1.54) is 30.5 Å². The summed E-state index contributed by atoms with van der Waals surface area (Å²) in [5, 5.41) is 10.3. The number of halogens is 1. The number of hydrogen-bond acceptors (Lipinski definition) is 6. The Hall–Kier alpha value is -3.16. The lowest BCUT2D eigenvalue weighted by Crippen LogP contribution is -2.22. The molecular weight excluding hydrogens is 301 g/mol. The number of carbonyl (C=O) groups is 1. The van der Waals surface area contributed by atoms with Gasteiger partial charge in [0, 0.05) is 11.8 Å². The Kier molecular flexibility index (Phi) is 4.05. The summed E-state index contributed by atoms with van der Waals surface area (Å²) in [5.74, 6) is -0.302. The number of nitrogens with one attached hydrogen (secondary N) is 1. The lowest BCUT2D eigenvalue weighted by atomic mass is 10.2. The van der Waals surface area contributed by atoms with E-state index in [1.807, 2.05) is 6.92 Å². The van der Waals surface area contributed by atoms with Crippen LogP contribution in [-0.2, 0) is 6.54 Å². The average molecular weight is 313 g/mol. The first-order chi connectivity index (χ1) is 11.1. The number of carbonyl (C=O) groups excluding carboxylic acids is 1. The van der Waals surface area contributed by atoms with Gasteiger partial charge in [0.2, 0.25) is 5.89 Å². The minimum Gasteiger partial charge on any atom is -0.417 e. The van der Waals surface area contributed by atoms with Gasteiger partial charge in [-0.05, 0) is 31.2 Å². The van der Waals surface area contributed by atoms with Gasteiger partial charge >= 0.3 is 0 Å². The second kappa shape index (κ2) is 6.30. The molecule has 3 rings (SSSR count). The number of hydrogen-bond donors (Lipinski definition) is 1. The van der Waals surface area contributed by atoms with Gasteiger partial charge in [0.25, 0.3) is 11.8 Å². The smallest absolute Gasteiger partial charge is 0.267 e. The molecule has 7 nitrogen and oxygen atoms in total. The second-order valence-corrected chi connectivity index (χ2v) is 4.73. The van der Waals surface area contributed by atoms with Crippen LogP contribution in [0.1, 0.15) is 21.9 Å². The van der Waals surface area contributed by atoms with E-state index in [0.717, 1.165) is 5.69 Å². The molecule has 0 saturated heterocycles. The highest BCUT2D eigenvalue weighted by molar-refractivity contribution is 5.94. The van der Waals surface area contributed by atoms with Crippen molar-refractivity contribution in [2.45, 2.75) is 13.5 Å². The topological polar surface area (TPSA) is 93.8 Å². The highest BCUT2D eigenvalue weighted by Crippen LogP contribution is 2.14. The predicted molar refractivity (Wildman–Crippen MR) is 77.6 cm³/mol. The van der Waals surface area contributed by atoms with Crippen LogP contribution in [0.3, 0.4) is 0 Å². The minimum atomic E-state index is -0.401. The standard InChI is InChI=1S/C15H12FN5O2/c1-9-6-18-12(7-17-9)15-21-20-13(23-15)8-19-14(22)10-2-4-11(16)5-3-10/h2-7H,8H2,1H3,(H,19,22). The Morgan fingerprint density at radius 1 is 1.17 bits per heavy atom. The minimum absolute atomic E-state index is 0.0580. The maximum absolute atomic E-state index is 12.8. The van der Waals surface area contributed by atoms with Gasteiger partial charge in [-0.25, -0.2) is 9.37 Å². The van der Waals surface area contributed by atoms with E-state index in [1.54, 1.807) is 6.20 Å². The molecule has 0 aliphatic carbocycles. The van der Waals surface area contributed by atoms with Crippen molar-refractivity contribution in [1.82, 2.24) is 25.5 Å². The van der Waals surface area contributed by atoms with Crippen LogP contribution >= 0.6 is 0 Å². The zero-order valence-electron chi connectivity index (χ0n) is 12.2. The average Bonchev–Trinajstić information content (AvgIpc) is 3.03. The van der Waals surface area contributed by atoms with Gasteiger partial charge in [-0.1, -0.05) is 0 Å². The van der Waals surface area contributed by atoms with E-state index >= 15 is 0 Å². The molecule has 0 bridgehead atoms. The number of rotatable bonds is 4. The van der Waals surface area contributed by atoms with Crippen LogP contribution in [0.2, 0.25) is 0 Å². The normalized spacial score (nSPS) is 10.5. The summed E-state index contributed by atoms with van der Waals surface area (Å²) in [6.45, 7) is 1.88. The van der Waals surface area contributed by atoms with Crippen molar-refractivity contribution in [2.75, 3.05) is 0 Å². The lowest BCUT2D eigenvalue weighted by molar-refractivity contribution is 0.0947. The SMILES string of the molecule is Cc1cnc(-c2nnc(CNC(=O)c3ccc(F)cc3)o2)cn1. The molecule has 0 aliphatic rings. The van der Waals surface area contributed by atoms with Crippen molar-refractivity contribution >= 4 is 5.91 Å². The highest BCUT2D eigenvalue weighted by atomic mass is 19.1. The third kappa shape index (κ3) is 3.54. The summed E-state index contributed by atoms with van der Waals surface area (Å²) in [5.41, 5.74) is 1.58. The number of benzene rings is 1. The molecule has 0 spiro atoms. The third-order valence-corrected chi connectivity index (χ3v) is 2.97. The first kappa shape index (κ1) is 14.8. The molecule has 3 aromatic rings. The largest absolute Gasteiger partial charge is 0.417 e. The van der Waals surface area contributed by atoms with Gasteiger partial charge in [-0.3, -0.25) is 9.78 Å². The van der Waals surface area contributed by atoms with Crippen molar-refractivity contribution in [3.05, 3.63) is 59.6 Å². The second-order valence-electron chi connectivity index (χ2n) is 4.73. The summed E-state index contributed by atoms with van der Waals surface area (Å²) in [6.07, 6.45) is 3.12. The van der Waals surface area contributed by atoms with E-state index in [-0.39, 0.29) is 24.2 Å². The van der Waals surface area contributed by atoms with E-state index in [2.05, 4.69) is 25.5 Å². The number of aryl methyl sites for hydroxylation is 1. The Labute approximate surface area is 130 Å². The molecule has 1 N–H and O–H groups in total. The van der Waals surface area contributed by atoms with E-state index < -0.39 is 5.82 Å². The Bertz CT molecular complexity index is 815. The highest BCUT2D eigenvalue weighted by Gasteiger charge is 2.12. The molecular formula is C15H12FN5O2. The van der Waals surface area contributed by atoms with E-state index in [4.69, 9.17) is 4.42 Å². The fourth-order valence-electron chi connectivity index (χ4n) is 1.79. The van der Waals surface area contributed by atoms with Crippen LogP contribution in [0, 0.1) is 12.7 Å². The maximum atomic E-state index is 12.8. The summed E-state index contributed by atoms with van der Waals surface area (Å²) < 4.78 is 18.2. The molecule has 1 aromatic carbocycles. The molecule has 0 atom stereocenters. The molecule has 8 heteroatoms. The van der Waals surface area contributed by atoms with Crippen molar-refractivity contribution < 1.29 is 13.6 Å². The molecule has 0 aliphatic heterocycles. The van der Waals surface area contributed by atoms with Crippen molar-refractivity contribution in [3.63, 3.8) is 0 Å². The number of aromatic nitrogens is 4. The molecule has 0 fully saturated rings. The van der Waals surface area contributed by atoms with Gasteiger partial charge in [0.15, 0.2) is 0 Å². The first-order valence-electron chi connectivity index (χ1n) is 6.77. The van der Waals surface area contributed by atoms with Gasteiger partial charge in [-0.15, -0.1) is 10.2 Å². The lowest BCUT2D eigenvalue weighted by Gasteiger charge is -2.02. The molecule has 1 amide bonds. The summed E-state index contributed by atoms with van der Waals surface area (Å²) in [7, 11) is 0. The number of nitrogens with zero attached hydrogens (tertiary/aromatic N) is 4. The monoisotopic (exact) mass is 313 g/mol. The van der Waals surface area contributed by atoms with E-state index in [9.17, 15) is 9.18 Å². The van der Waals surface area contributed by atoms with Gasteiger partial charge in [0.05, 0.1) is 18.4 Å². The Morgan fingerprint density at radius 3 is 2.65 bits per heavy atom. The zero-order chi connectivity index (χ0) is 16.2. The van der Waals surface area contributed by atoms with Crippen molar-refractivity contribution in [2.24, 2.45) is 0 Å². The predicted octanol–water partition coefficient (Wildman–Crippen LogP) is 1.90. The zero-order valence-corrected chi connectivity index (χ0v) is 12.2. The van der Waals surface area contributed by atoms with Crippen LogP contribution < -0.4 is 5.32 Å². The van der Waals surface area contributed by atoms with Crippen LogP contribution in [0.5, 0.6) is 0 Å². The Morgan fingerprint density at radius 2 is 1.96 bits per heavy atom. The number of amides is 1. The van der Waals surface area contributed by atoms with Crippen molar-refractivity contribution in [3.8, 4) is 11.6 Å². The summed E-state index contributed by atoms with van der Waals surface area (Å²) in [4.78, 5) is 20.1. The quantitative estimate of drug-likeness (QED) is 0.790. The van der Waals surface area contributed by atoms with Crippen LogP contribution in [0.4, 0.5) is 4.39 Å². The van der Waals surface area contributed by atoms with Gasteiger partial charge < -0.3 is 9.73 Å². The molecule has 0 saturated carbocycles. The first-order valence-corrected chi connectivity index (χ1v) is 6.77. The van der Waals surface area contributed by atoms with Gasteiger partial charge in [-0.2, -0.15) is 0 Å². The van der Waals surface area contributed by atoms with Gasteiger partial charge in [0.1, 0.15) is 11.5 Å². The van der Waals surface area contributed by atoms with Crippen LogP contribution in [-0.4, -0.2) is 26.1 Å². The molecule has 23 heavy (non-hydrogen) atoms. The van der Waals surface area contributed by atoms with Crippen LogP contribution in [0.15, 0.2) is 41.1 Å². The summed E-state index contributed by atoms with van der Waals surface area (Å²) >= 11 is 0.